The Morgan fingerprint density at radius 3 is 2.91 bits per heavy atom. The van der Waals surface area contributed by atoms with Crippen LogP contribution in [0.5, 0.6) is 5.75 Å². The van der Waals surface area contributed by atoms with Crippen LogP contribution in [0.3, 0.4) is 0 Å². The van der Waals surface area contributed by atoms with Crippen molar-refractivity contribution in [2.24, 2.45) is 15.9 Å². The Morgan fingerprint density at radius 2 is 2.15 bits per heavy atom. The molecule has 4 aromatic rings. The maximum Gasteiger partial charge on any atom is 0.256 e. The van der Waals surface area contributed by atoms with Crippen molar-refractivity contribution in [1.82, 2.24) is 14.1 Å². The van der Waals surface area contributed by atoms with Gasteiger partial charge in [0, 0.05) is 30.1 Å². The van der Waals surface area contributed by atoms with Gasteiger partial charge in [0.15, 0.2) is 0 Å². The number of methoxy groups -OCH3 is 1. The molecule has 8 nitrogen and oxygen atoms in total. The molecule has 3 heterocycles. The lowest BCUT2D eigenvalue weighted by molar-refractivity contribution is 0.413. The Morgan fingerprint density at radius 1 is 1.26 bits per heavy atom. The van der Waals surface area contributed by atoms with Crippen LogP contribution in [-0.2, 0) is 19.5 Å². The van der Waals surface area contributed by atoms with E-state index in [1.807, 2.05) is 52.6 Å². The number of pyridine rings is 1. The van der Waals surface area contributed by atoms with Crippen molar-refractivity contribution >= 4 is 22.8 Å². The highest BCUT2D eigenvalue weighted by atomic mass is 16.5. The van der Waals surface area contributed by atoms with Gasteiger partial charge in [-0.25, -0.2) is 4.98 Å². The molecule has 0 atom stereocenters. The van der Waals surface area contributed by atoms with Gasteiger partial charge in [0.2, 0.25) is 0 Å². The summed E-state index contributed by atoms with van der Waals surface area (Å²) in [5.74, 6) is 6.34. The lowest BCUT2D eigenvalue weighted by atomic mass is 10.00. The van der Waals surface area contributed by atoms with Crippen LogP contribution in [0.4, 0.5) is 0 Å². The van der Waals surface area contributed by atoms with Crippen LogP contribution in [0, 0.1) is 6.92 Å². The number of aliphatic imine (C=N–C) groups is 1. The summed E-state index contributed by atoms with van der Waals surface area (Å²) in [6.45, 7) is 2.92. The number of rotatable bonds is 6. The number of hydrogen-bond acceptors (Lipinski definition) is 6. The van der Waals surface area contributed by atoms with E-state index < -0.39 is 0 Å². The predicted octanol–water partition coefficient (Wildman–Crippen LogP) is 3.38. The van der Waals surface area contributed by atoms with Gasteiger partial charge in [-0.1, -0.05) is 24.3 Å². The van der Waals surface area contributed by atoms with Gasteiger partial charge in [-0.05, 0) is 48.9 Å². The summed E-state index contributed by atoms with van der Waals surface area (Å²) in [7, 11) is 1.62. The molecule has 0 spiro atoms. The fourth-order valence-corrected chi connectivity index (χ4v) is 4.55. The topological polar surface area (TPSA) is 99.8 Å². The number of nitrogens with zero attached hydrogens (tertiary/aromatic N) is 5. The van der Waals surface area contributed by atoms with E-state index in [9.17, 15) is 4.79 Å². The molecular formula is C26H26N6O2. The van der Waals surface area contributed by atoms with Crippen LogP contribution in [0.15, 0.2) is 69.9 Å². The second-order valence-electron chi connectivity index (χ2n) is 8.38. The maximum atomic E-state index is 13.1. The van der Waals surface area contributed by atoms with Gasteiger partial charge in [-0.15, -0.1) is 0 Å². The summed E-state index contributed by atoms with van der Waals surface area (Å²) in [5, 5.41) is 4.98. The van der Waals surface area contributed by atoms with Crippen molar-refractivity contribution in [3.8, 4) is 11.4 Å². The zero-order valence-corrected chi connectivity index (χ0v) is 19.2. The van der Waals surface area contributed by atoms with Gasteiger partial charge in [-0.3, -0.25) is 9.79 Å². The molecule has 2 N–H and O–H groups in total. The zero-order chi connectivity index (χ0) is 23.7. The van der Waals surface area contributed by atoms with E-state index in [4.69, 9.17) is 10.6 Å². The third kappa shape index (κ3) is 3.87. The zero-order valence-electron chi connectivity index (χ0n) is 19.2. The average molecular weight is 455 g/mol. The molecule has 0 saturated carbocycles. The molecular weight excluding hydrogens is 428 g/mol. The number of ether oxygens (including phenoxy) is 1. The van der Waals surface area contributed by atoms with Crippen LogP contribution >= 0.6 is 0 Å². The standard InChI is InChI=1S/C26H26N6O2/c1-17-15-31(16-29-17)23-9-8-19(12-24(23)34-2)22(30-27)14-28-13-21-11-20-6-3-5-18-7-4-10-32(25(18)20)26(21)33/h3,5-6,8-9,11-12,14-16H,4,7,10,13,27H2,1-2H3/b28-14?,30-22+. The lowest BCUT2D eigenvalue weighted by Gasteiger charge is -2.20. The molecule has 0 bridgehead atoms. The predicted molar refractivity (Wildman–Crippen MR) is 134 cm³/mol. The van der Waals surface area contributed by atoms with Gasteiger partial charge in [0.05, 0.1) is 36.9 Å². The number of aromatic nitrogens is 3. The van der Waals surface area contributed by atoms with Crippen LogP contribution < -0.4 is 16.1 Å². The molecule has 0 unspecified atom stereocenters. The van der Waals surface area contributed by atoms with Crippen molar-refractivity contribution in [3.63, 3.8) is 0 Å². The van der Waals surface area contributed by atoms with Crippen molar-refractivity contribution in [2.75, 3.05) is 7.11 Å². The third-order valence-corrected chi connectivity index (χ3v) is 6.18. The number of nitrogens with two attached hydrogens (primary N) is 1. The highest BCUT2D eigenvalue weighted by molar-refractivity contribution is 6.38. The number of hydrogen-bond donors (Lipinski definition) is 1. The molecule has 0 radical (unpaired) electrons. The second kappa shape index (κ2) is 8.97. The van der Waals surface area contributed by atoms with Crippen LogP contribution in [0.1, 0.15) is 28.8 Å². The van der Waals surface area contributed by atoms with Crippen molar-refractivity contribution in [3.05, 3.63) is 87.7 Å². The number of hydrazone groups is 1. The molecule has 0 saturated heterocycles. The largest absolute Gasteiger partial charge is 0.495 e. The van der Waals surface area contributed by atoms with Crippen LogP contribution in [0.2, 0.25) is 0 Å². The van der Waals surface area contributed by atoms with E-state index in [2.05, 4.69) is 27.2 Å². The Labute approximate surface area is 197 Å². The van der Waals surface area contributed by atoms with Gasteiger partial charge < -0.3 is 19.7 Å². The molecule has 34 heavy (non-hydrogen) atoms. The molecule has 5 rings (SSSR count). The molecule has 172 valence electrons. The lowest BCUT2D eigenvalue weighted by Crippen LogP contribution is -2.27. The van der Waals surface area contributed by atoms with Gasteiger partial charge >= 0.3 is 0 Å². The minimum absolute atomic E-state index is 0.0182. The highest BCUT2D eigenvalue weighted by Gasteiger charge is 2.16. The first kappa shape index (κ1) is 21.6. The van der Waals surface area contributed by atoms with Crippen molar-refractivity contribution < 1.29 is 4.74 Å². The third-order valence-electron chi connectivity index (χ3n) is 6.18. The number of benzene rings is 2. The monoisotopic (exact) mass is 454 g/mol. The summed E-state index contributed by atoms with van der Waals surface area (Å²) in [5.41, 5.74) is 5.99. The summed E-state index contributed by atoms with van der Waals surface area (Å²) < 4.78 is 9.37. The number of imidazole rings is 1. The molecule has 1 aliphatic rings. The van der Waals surface area contributed by atoms with E-state index in [1.165, 1.54) is 5.56 Å². The van der Waals surface area contributed by atoms with Gasteiger partial charge in [-0.2, -0.15) is 5.10 Å². The van der Waals surface area contributed by atoms with E-state index in [0.717, 1.165) is 47.2 Å². The van der Waals surface area contributed by atoms with Crippen molar-refractivity contribution in [2.45, 2.75) is 32.9 Å². The summed E-state index contributed by atoms with van der Waals surface area (Å²) in [4.78, 5) is 21.9. The molecule has 8 heteroatoms. The first-order chi connectivity index (χ1) is 16.6. The Balaban J connectivity index is 1.42. The van der Waals surface area contributed by atoms with Crippen molar-refractivity contribution in [1.29, 1.82) is 0 Å². The minimum atomic E-state index is 0.0182. The quantitative estimate of drug-likeness (QED) is 0.274. The Kier molecular flexibility index (Phi) is 5.71. The first-order valence-corrected chi connectivity index (χ1v) is 11.2. The molecule has 0 amide bonds. The Hall–Kier alpha value is -4.20. The summed E-state index contributed by atoms with van der Waals surface area (Å²) >= 11 is 0. The highest BCUT2D eigenvalue weighted by Crippen LogP contribution is 2.26. The van der Waals surface area contributed by atoms with Gasteiger partial charge in [0.25, 0.3) is 5.56 Å². The first-order valence-electron chi connectivity index (χ1n) is 11.2. The SMILES string of the molecule is COc1cc(/C(C=NCc2cc3cccc4c3n(c2=O)CCC4)=N/N)ccc1-n1cnc(C)c1. The molecule has 2 aromatic carbocycles. The number of aryl methyl sites for hydroxylation is 3. The molecule has 1 aliphatic heterocycles. The van der Waals surface area contributed by atoms with Crippen LogP contribution in [-0.4, -0.2) is 33.2 Å². The Bertz CT molecular complexity index is 1500. The number of para-hydroxylation sites is 1. The summed E-state index contributed by atoms with van der Waals surface area (Å²) in [6.07, 6.45) is 7.25. The second-order valence-corrected chi connectivity index (χ2v) is 8.38. The fourth-order valence-electron chi connectivity index (χ4n) is 4.55. The molecule has 0 aliphatic carbocycles. The minimum Gasteiger partial charge on any atom is -0.495 e. The molecule has 0 fully saturated rings. The van der Waals surface area contributed by atoms with E-state index in [-0.39, 0.29) is 12.1 Å². The normalized spacial score (nSPS) is 13.6. The average Bonchev–Trinajstić information content (AvgIpc) is 3.30. The van der Waals surface area contributed by atoms with E-state index >= 15 is 0 Å². The van der Waals surface area contributed by atoms with Crippen LogP contribution in [0.25, 0.3) is 16.6 Å². The van der Waals surface area contributed by atoms with E-state index in [1.54, 1.807) is 19.7 Å². The smallest absolute Gasteiger partial charge is 0.256 e. The van der Waals surface area contributed by atoms with Gasteiger partial charge in [0.1, 0.15) is 11.5 Å². The fraction of sp³-hybridized carbons (Fsp3) is 0.231. The maximum absolute atomic E-state index is 13.1. The molecule has 2 aromatic heterocycles. The van der Waals surface area contributed by atoms with E-state index in [0.29, 0.717) is 17.0 Å². The summed E-state index contributed by atoms with van der Waals surface area (Å²) in [6, 6.07) is 13.8.